The van der Waals surface area contributed by atoms with E-state index in [-0.39, 0.29) is 40.8 Å². The van der Waals surface area contributed by atoms with Crippen LogP contribution in [0.2, 0.25) is 0 Å². The fourth-order valence-corrected chi connectivity index (χ4v) is 6.62. The molecule has 0 heterocycles. The summed E-state index contributed by atoms with van der Waals surface area (Å²) in [7, 11) is 7.83. The molecule has 1 aliphatic carbocycles. The van der Waals surface area contributed by atoms with Crippen LogP contribution in [-0.2, 0) is 16.0 Å². The van der Waals surface area contributed by atoms with Crippen LogP contribution in [0.1, 0.15) is 76.2 Å². The molecule has 50 heavy (non-hydrogen) atoms. The molecular weight excluding hydrogens is 638 g/mol. The number of amides is 2. The second-order valence-electron chi connectivity index (χ2n) is 12.9. The molecule has 11 nitrogen and oxygen atoms in total. The van der Waals surface area contributed by atoms with E-state index in [1.165, 1.54) is 6.92 Å². The lowest BCUT2D eigenvalue weighted by Gasteiger charge is -2.29. The largest absolute Gasteiger partial charge is 0.493 e. The highest BCUT2D eigenvalue weighted by molar-refractivity contribution is 5.86. The summed E-state index contributed by atoms with van der Waals surface area (Å²) < 4.78 is 28.2. The molecule has 4 atom stereocenters. The Bertz CT molecular complexity index is 1760. The standard InChI is InChI=1S/C39H51N3O8/c1-11-22(4)36(39(45)42-35(21(2)3)25-13-17-31(46-6)32(19-25)47-7)41-29-16-14-26-27(20-30(29)44)28(40-23(5)43)15-12-24-18-33(48-8)37(49-9)38(50-10)34(24)26/h13-14,16-22,28,35-36H,11-12,15H2,1-10H3,(H,40,43)(H,41,44)(H,42,45)/t22-,28+,35-,36+/m1/s1. The summed E-state index contributed by atoms with van der Waals surface area (Å²) in [5.41, 5.74) is 3.84. The fraction of sp³-hybridized carbons (Fsp3) is 0.462. The number of nitrogens with one attached hydrogen (secondary N) is 3. The number of anilines is 1. The highest BCUT2D eigenvalue weighted by atomic mass is 16.5. The first-order valence-corrected chi connectivity index (χ1v) is 17.0. The van der Waals surface area contributed by atoms with Crippen LogP contribution in [0.4, 0.5) is 5.69 Å². The quantitative estimate of drug-likeness (QED) is 0.180. The van der Waals surface area contributed by atoms with Crippen LogP contribution in [0.3, 0.4) is 0 Å². The lowest BCUT2D eigenvalue weighted by Crippen LogP contribution is -2.46. The predicted molar refractivity (Wildman–Crippen MR) is 195 cm³/mol. The fourth-order valence-electron chi connectivity index (χ4n) is 6.62. The first-order valence-electron chi connectivity index (χ1n) is 17.0. The van der Waals surface area contributed by atoms with E-state index in [0.717, 1.165) is 16.7 Å². The highest BCUT2D eigenvalue weighted by Gasteiger charge is 2.31. The Balaban J connectivity index is 1.82. The van der Waals surface area contributed by atoms with Gasteiger partial charge in [-0.15, -0.1) is 0 Å². The second-order valence-corrected chi connectivity index (χ2v) is 12.9. The molecule has 3 aromatic rings. The normalized spacial score (nSPS) is 15.3. The van der Waals surface area contributed by atoms with E-state index in [9.17, 15) is 14.4 Å². The number of hydrogen-bond acceptors (Lipinski definition) is 9. The lowest BCUT2D eigenvalue weighted by atomic mass is 9.93. The van der Waals surface area contributed by atoms with Gasteiger partial charge in [-0.1, -0.05) is 46.2 Å². The Morgan fingerprint density at radius 1 is 0.840 bits per heavy atom. The Labute approximate surface area is 295 Å². The summed E-state index contributed by atoms with van der Waals surface area (Å²) >= 11 is 0. The maximum atomic E-state index is 14.1. The first-order chi connectivity index (χ1) is 23.9. The molecule has 0 fully saturated rings. The molecule has 0 saturated carbocycles. The number of fused-ring (bicyclic) bond motifs is 3. The molecule has 0 aliphatic heterocycles. The van der Waals surface area contributed by atoms with Crippen molar-refractivity contribution in [3.63, 3.8) is 0 Å². The van der Waals surface area contributed by atoms with Crippen molar-refractivity contribution >= 4 is 17.5 Å². The van der Waals surface area contributed by atoms with E-state index < -0.39 is 12.1 Å². The molecule has 0 unspecified atom stereocenters. The molecule has 0 spiro atoms. The molecule has 1 aliphatic rings. The van der Waals surface area contributed by atoms with Crippen LogP contribution in [0, 0.1) is 11.8 Å². The number of carbonyl (C=O) groups excluding carboxylic acids is 2. The van der Waals surface area contributed by atoms with E-state index in [2.05, 4.69) is 16.0 Å². The molecular formula is C39H51N3O8. The minimum atomic E-state index is -0.728. The van der Waals surface area contributed by atoms with E-state index in [1.54, 1.807) is 47.7 Å². The van der Waals surface area contributed by atoms with Crippen molar-refractivity contribution in [2.24, 2.45) is 11.8 Å². The van der Waals surface area contributed by atoms with Gasteiger partial charge in [0.25, 0.3) is 0 Å². The van der Waals surface area contributed by atoms with Crippen molar-refractivity contribution in [3.8, 4) is 39.9 Å². The maximum Gasteiger partial charge on any atom is 0.243 e. The molecule has 270 valence electrons. The van der Waals surface area contributed by atoms with E-state index in [0.29, 0.717) is 59.1 Å². The monoisotopic (exact) mass is 689 g/mol. The van der Waals surface area contributed by atoms with Gasteiger partial charge in [-0.2, -0.15) is 0 Å². The number of aryl methyl sites for hydroxylation is 1. The van der Waals surface area contributed by atoms with E-state index in [4.69, 9.17) is 23.7 Å². The van der Waals surface area contributed by atoms with Gasteiger partial charge in [0.1, 0.15) is 6.04 Å². The SMILES string of the molecule is CC[C@@H](C)[C@H](Nc1ccc2c(cc1=O)[C@@H](NC(C)=O)CCc1cc(OC)c(OC)c(OC)c1-2)C(=O)N[C@@H](c1ccc(OC)c(OC)c1)C(C)C. The third-order valence-corrected chi connectivity index (χ3v) is 9.45. The maximum absolute atomic E-state index is 14.1. The summed E-state index contributed by atoms with van der Waals surface area (Å²) in [4.78, 5) is 40.6. The van der Waals surface area contributed by atoms with Gasteiger partial charge in [0, 0.05) is 12.5 Å². The topological polar surface area (TPSA) is 133 Å². The molecule has 0 aromatic heterocycles. The van der Waals surface area contributed by atoms with Crippen LogP contribution in [0.25, 0.3) is 11.1 Å². The van der Waals surface area contributed by atoms with Crippen LogP contribution in [0.5, 0.6) is 28.7 Å². The van der Waals surface area contributed by atoms with Crippen molar-refractivity contribution in [2.75, 3.05) is 40.9 Å². The summed E-state index contributed by atoms with van der Waals surface area (Å²) in [5, 5.41) is 9.58. The zero-order valence-corrected chi connectivity index (χ0v) is 30.8. The zero-order valence-electron chi connectivity index (χ0n) is 30.8. The molecule has 3 N–H and O–H groups in total. The van der Waals surface area contributed by atoms with Gasteiger partial charge >= 0.3 is 0 Å². The molecule has 0 bridgehead atoms. The van der Waals surface area contributed by atoms with Gasteiger partial charge in [0.15, 0.2) is 23.0 Å². The van der Waals surface area contributed by atoms with Crippen LogP contribution < -0.4 is 45.1 Å². The van der Waals surface area contributed by atoms with Crippen molar-refractivity contribution in [2.45, 2.75) is 72.0 Å². The number of ether oxygens (including phenoxy) is 5. The van der Waals surface area contributed by atoms with Crippen molar-refractivity contribution in [1.82, 2.24) is 10.6 Å². The second kappa shape index (κ2) is 16.7. The smallest absolute Gasteiger partial charge is 0.243 e. The Hall–Kier alpha value is -4.93. The third-order valence-electron chi connectivity index (χ3n) is 9.45. The minimum Gasteiger partial charge on any atom is -0.493 e. The average Bonchev–Trinajstić information content (AvgIpc) is 3.35. The molecule has 11 heteroatoms. The number of rotatable bonds is 14. The van der Waals surface area contributed by atoms with Crippen molar-refractivity contribution in [3.05, 3.63) is 69.4 Å². The first kappa shape index (κ1) is 37.9. The summed E-state index contributed by atoms with van der Waals surface area (Å²) in [5.74, 6) is 2.05. The number of hydrogen-bond donors (Lipinski definition) is 3. The Kier molecular flexibility index (Phi) is 12.6. The molecule has 0 radical (unpaired) electrons. The van der Waals surface area contributed by atoms with E-state index in [1.807, 2.05) is 58.0 Å². The molecule has 2 amide bonds. The molecule has 3 aromatic carbocycles. The van der Waals surface area contributed by atoms with Crippen molar-refractivity contribution < 1.29 is 33.3 Å². The Morgan fingerprint density at radius 3 is 2.10 bits per heavy atom. The zero-order chi connectivity index (χ0) is 36.7. The van der Waals surface area contributed by atoms with E-state index >= 15 is 0 Å². The van der Waals surface area contributed by atoms with Crippen LogP contribution in [-0.4, -0.2) is 53.4 Å². The van der Waals surface area contributed by atoms with Gasteiger partial charge in [0.05, 0.1) is 53.3 Å². The summed E-state index contributed by atoms with van der Waals surface area (Å²) in [6.07, 6.45) is 1.81. The van der Waals surface area contributed by atoms with Gasteiger partial charge in [-0.05, 0) is 77.3 Å². The summed E-state index contributed by atoms with van der Waals surface area (Å²) in [6, 6.07) is 11.1. The van der Waals surface area contributed by atoms with Crippen LogP contribution in [0.15, 0.2) is 47.3 Å². The van der Waals surface area contributed by atoms with Gasteiger partial charge in [0.2, 0.25) is 23.0 Å². The number of carbonyl (C=O) groups is 2. The Morgan fingerprint density at radius 2 is 1.52 bits per heavy atom. The number of methoxy groups -OCH3 is 5. The molecule has 0 saturated heterocycles. The highest BCUT2D eigenvalue weighted by Crippen LogP contribution is 2.50. The van der Waals surface area contributed by atoms with Crippen molar-refractivity contribution in [1.29, 1.82) is 0 Å². The third kappa shape index (κ3) is 7.93. The summed E-state index contributed by atoms with van der Waals surface area (Å²) in [6.45, 7) is 9.52. The van der Waals surface area contributed by atoms with Gasteiger partial charge < -0.3 is 39.6 Å². The number of benzene rings is 2. The average molecular weight is 690 g/mol. The molecule has 4 rings (SSSR count). The van der Waals surface area contributed by atoms with Gasteiger partial charge in [-0.25, -0.2) is 0 Å². The minimum absolute atomic E-state index is 0.0475. The van der Waals surface area contributed by atoms with Gasteiger partial charge in [-0.3, -0.25) is 14.4 Å². The van der Waals surface area contributed by atoms with Crippen LogP contribution >= 0.6 is 0 Å². The lowest BCUT2D eigenvalue weighted by molar-refractivity contribution is -0.124. The predicted octanol–water partition coefficient (Wildman–Crippen LogP) is 6.22.